The van der Waals surface area contributed by atoms with Crippen molar-refractivity contribution in [3.05, 3.63) is 83.9 Å². The minimum Gasteiger partial charge on any atom is -0.480 e. The molecule has 0 unspecified atom stereocenters. The van der Waals surface area contributed by atoms with Gasteiger partial charge in [0.15, 0.2) is 0 Å². The number of allylic oxidation sites excluding steroid dienone is 1. The lowest BCUT2D eigenvalue weighted by atomic mass is 9.98. The van der Waals surface area contributed by atoms with Crippen molar-refractivity contribution in [2.24, 2.45) is 0 Å². The number of rotatable bonds is 8. The molecule has 2 aromatic rings. The van der Waals surface area contributed by atoms with E-state index in [0.29, 0.717) is 6.42 Å². The van der Waals surface area contributed by atoms with Crippen LogP contribution in [-0.2, 0) is 29.0 Å². The van der Waals surface area contributed by atoms with Gasteiger partial charge >= 0.3 is 12.1 Å². The molecule has 130 valence electrons. The van der Waals surface area contributed by atoms with Gasteiger partial charge in [-0.3, -0.25) is 0 Å². The molecule has 0 saturated carbocycles. The molecule has 0 heterocycles. The maximum Gasteiger partial charge on any atom is 0.408 e. The molecule has 1 atom stereocenters. The summed E-state index contributed by atoms with van der Waals surface area (Å²) in [5.41, 5.74) is 2.68. The molecule has 0 aliphatic heterocycles. The monoisotopic (exact) mass is 339 g/mol. The van der Waals surface area contributed by atoms with Gasteiger partial charge in [-0.05, 0) is 23.1 Å². The molecule has 0 radical (unpaired) electrons. The number of hydrogen-bond acceptors (Lipinski definition) is 3. The average molecular weight is 339 g/mol. The fourth-order valence-corrected chi connectivity index (χ4v) is 2.44. The lowest BCUT2D eigenvalue weighted by Gasteiger charge is -2.16. The van der Waals surface area contributed by atoms with Gasteiger partial charge in [-0.25, -0.2) is 9.59 Å². The van der Waals surface area contributed by atoms with E-state index in [9.17, 15) is 14.7 Å². The van der Waals surface area contributed by atoms with E-state index >= 15 is 0 Å². The first-order valence-corrected chi connectivity index (χ1v) is 7.98. The van der Waals surface area contributed by atoms with Crippen molar-refractivity contribution in [3.63, 3.8) is 0 Å². The third-order valence-electron chi connectivity index (χ3n) is 3.71. The second-order valence-electron chi connectivity index (χ2n) is 5.56. The van der Waals surface area contributed by atoms with Gasteiger partial charge < -0.3 is 15.2 Å². The predicted octanol–water partition coefficient (Wildman–Crippen LogP) is 3.34. The molecular weight excluding hydrogens is 318 g/mol. The largest absolute Gasteiger partial charge is 0.480 e. The summed E-state index contributed by atoms with van der Waals surface area (Å²) in [4.78, 5) is 23.4. The second kappa shape index (κ2) is 9.27. The minimum absolute atomic E-state index is 0.0893. The van der Waals surface area contributed by atoms with Crippen molar-refractivity contribution in [3.8, 4) is 0 Å². The number of ether oxygens (including phenoxy) is 1. The number of hydrogen-bond donors (Lipinski definition) is 2. The molecule has 0 aliphatic rings. The summed E-state index contributed by atoms with van der Waals surface area (Å²) in [6.45, 7) is 3.80. The molecule has 2 rings (SSSR count). The Balaban J connectivity index is 1.97. The number of carbonyl (C=O) groups is 2. The highest BCUT2D eigenvalue weighted by Crippen LogP contribution is 2.13. The third kappa shape index (κ3) is 5.80. The Bertz CT molecular complexity index is 727. The highest BCUT2D eigenvalue weighted by atomic mass is 16.5. The van der Waals surface area contributed by atoms with Crippen LogP contribution in [0, 0.1) is 0 Å². The number of carboxylic acids is 1. The summed E-state index contributed by atoms with van der Waals surface area (Å²) in [5, 5.41) is 11.8. The van der Waals surface area contributed by atoms with Gasteiger partial charge in [0, 0.05) is 6.42 Å². The summed E-state index contributed by atoms with van der Waals surface area (Å²) >= 11 is 0. The van der Waals surface area contributed by atoms with E-state index in [0.717, 1.165) is 16.7 Å². The number of aliphatic carboxylic acids is 1. The van der Waals surface area contributed by atoms with E-state index in [-0.39, 0.29) is 13.0 Å². The number of nitrogens with one attached hydrogen (secondary N) is 1. The molecular formula is C20H21NO4. The molecule has 2 N–H and O–H groups in total. The molecule has 2 aromatic carbocycles. The first-order valence-electron chi connectivity index (χ1n) is 7.98. The molecule has 0 saturated heterocycles. The van der Waals surface area contributed by atoms with Gasteiger partial charge in [-0.15, -0.1) is 6.58 Å². The summed E-state index contributed by atoms with van der Waals surface area (Å²) in [6.07, 6.45) is 1.83. The van der Waals surface area contributed by atoms with Gasteiger partial charge in [-0.2, -0.15) is 0 Å². The highest BCUT2D eigenvalue weighted by Gasteiger charge is 2.22. The normalized spacial score (nSPS) is 11.4. The molecule has 5 heteroatoms. The van der Waals surface area contributed by atoms with E-state index < -0.39 is 18.1 Å². The molecule has 1 amide bonds. The Morgan fingerprint density at radius 1 is 1.08 bits per heavy atom. The summed E-state index contributed by atoms with van der Waals surface area (Å²) in [5.74, 6) is -1.11. The zero-order valence-electron chi connectivity index (χ0n) is 13.9. The topological polar surface area (TPSA) is 75.6 Å². The molecule has 5 nitrogen and oxygen atoms in total. The Morgan fingerprint density at radius 2 is 1.72 bits per heavy atom. The number of amides is 1. The van der Waals surface area contributed by atoms with Crippen LogP contribution in [0.3, 0.4) is 0 Å². The quantitative estimate of drug-likeness (QED) is 0.723. The van der Waals surface area contributed by atoms with Gasteiger partial charge in [0.2, 0.25) is 0 Å². The first kappa shape index (κ1) is 18.3. The van der Waals surface area contributed by atoms with E-state index in [1.54, 1.807) is 6.08 Å². The standard InChI is InChI=1S/C20H21NO4/c1-2-8-16-11-6-7-12-17(16)13-18(19(22)23)21-20(24)25-14-15-9-4-3-5-10-15/h2-7,9-12,18H,1,8,13-14H2,(H,21,24)(H,22,23)/t18-/m0/s1. The average Bonchev–Trinajstić information content (AvgIpc) is 2.62. The molecule has 0 aromatic heterocycles. The third-order valence-corrected chi connectivity index (χ3v) is 3.71. The van der Waals surface area contributed by atoms with Gasteiger partial charge in [0.25, 0.3) is 0 Å². The molecule has 0 spiro atoms. The second-order valence-corrected chi connectivity index (χ2v) is 5.56. The van der Waals surface area contributed by atoms with E-state index in [4.69, 9.17) is 4.74 Å². The summed E-state index contributed by atoms with van der Waals surface area (Å²) < 4.78 is 5.09. The Labute approximate surface area is 146 Å². The van der Waals surface area contributed by atoms with Crippen LogP contribution in [0.1, 0.15) is 16.7 Å². The number of carboxylic acid groups (broad SMARTS) is 1. The van der Waals surface area contributed by atoms with Gasteiger partial charge in [-0.1, -0.05) is 60.7 Å². The van der Waals surface area contributed by atoms with Crippen LogP contribution < -0.4 is 5.32 Å². The predicted molar refractivity (Wildman–Crippen MR) is 95.2 cm³/mol. The first-order chi connectivity index (χ1) is 12.1. The number of carbonyl (C=O) groups excluding carboxylic acids is 1. The van der Waals surface area contributed by atoms with Crippen molar-refractivity contribution in [2.75, 3.05) is 0 Å². The van der Waals surface area contributed by atoms with Crippen LogP contribution in [-0.4, -0.2) is 23.2 Å². The van der Waals surface area contributed by atoms with Crippen LogP contribution in [0.2, 0.25) is 0 Å². The fourth-order valence-electron chi connectivity index (χ4n) is 2.44. The summed E-state index contributed by atoms with van der Waals surface area (Å²) in [6, 6.07) is 15.6. The molecule has 0 aliphatic carbocycles. The Kier molecular flexibility index (Phi) is 6.77. The van der Waals surface area contributed by atoms with E-state index in [1.165, 1.54) is 0 Å². The SMILES string of the molecule is C=CCc1ccccc1C[C@H](NC(=O)OCc1ccccc1)C(=O)O. The summed E-state index contributed by atoms with van der Waals surface area (Å²) in [7, 11) is 0. The highest BCUT2D eigenvalue weighted by molar-refractivity contribution is 5.80. The van der Waals surface area contributed by atoms with Crippen LogP contribution in [0.25, 0.3) is 0 Å². The zero-order chi connectivity index (χ0) is 18.1. The van der Waals surface area contributed by atoms with Crippen LogP contribution in [0.4, 0.5) is 4.79 Å². The number of benzene rings is 2. The van der Waals surface area contributed by atoms with Crippen LogP contribution in [0.5, 0.6) is 0 Å². The molecule has 0 fully saturated rings. The van der Waals surface area contributed by atoms with Crippen molar-refractivity contribution < 1.29 is 19.4 Å². The lowest BCUT2D eigenvalue weighted by Crippen LogP contribution is -2.42. The maximum atomic E-state index is 11.9. The van der Waals surface area contributed by atoms with Crippen molar-refractivity contribution >= 4 is 12.1 Å². The fraction of sp³-hybridized carbons (Fsp3) is 0.200. The van der Waals surface area contributed by atoms with E-state index in [1.807, 2.05) is 54.6 Å². The van der Waals surface area contributed by atoms with Crippen molar-refractivity contribution in [1.82, 2.24) is 5.32 Å². The van der Waals surface area contributed by atoms with Gasteiger partial charge in [0.1, 0.15) is 12.6 Å². The van der Waals surface area contributed by atoms with E-state index in [2.05, 4.69) is 11.9 Å². The maximum absolute atomic E-state index is 11.9. The van der Waals surface area contributed by atoms with Crippen LogP contribution >= 0.6 is 0 Å². The minimum atomic E-state index is -1.11. The Morgan fingerprint density at radius 3 is 2.36 bits per heavy atom. The smallest absolute Gasteiger partial charge is 0.408 e. The van der Waals surface area contributed by atoms with Crippen LogP contribution in [0.15, 0.2) is 67.3 Å². The van der Waals surface area contributed by atoms with Gasteiger partial charge in [0.05, 0.1) is 0 Å². The Hall–Kier alpha value is -3.08. The number of alkyl carbamates (subject to hydrolysis) is 1. The molecule has 25 heavy (non-hydrogen) atoms. The van der Waals surface area contributed by atoms with Crippen molar-refractivity contribution in [2.45, 2.75) is 25.5 Å². The zero-order valence-corrected chi connectivity index (χ0v) is 13.9. The lowest BCUT2D eigenvalue weighted by molar-refractivity contribution is -0.139. The van der Waals surface area contributed by atoms with Crippen molar-refractivity contribution in [1.29, 1.82) is 0 Å². The molecule has 0 bridgehead atoms.